The molecule has 1 heterocycles. The molecule has 1 atom stereocenters. The van der Waals surface area contributed by atoms with E-state index in [0.29, 0.717) is 11.6 Å². The fourth-order valence-corrected chi connectivity index (χ4v) is 1.89. The molecule has 0 bridgehead atoms. The molecule has 0 aliphatic heterocycles. The van der Waals surface area contributed by atoms with Crippen LogP contribution in [0.4, 0.5) is 0 Å². The van der Waals surface area contributed by atoms with Crippen LogP contribution in [0.3, 0.4) is 0 Å². The molecule has 0 fully saturated rings. The molecule has 4 heteroatoms. The third-order valence-electron chi connectivity index (χ3n) is 3.70. The van der Waals surface area contributed by atoms with Crippen LogP contribution < -0.4 is 5.32 Å². The lowest BCUT2D eigenvalue weighted by atomic mass is 9.88. The summed E-state index contributed by atoms with van der Waals surface area (Å²) in [6.07, 6.45) is 0. The zero-order valence-electron chi connectivity index (χ0n) is 12.4. The molecule has 0 aliphatic carbocycles. The fraction of sp³-hybridized carbons (Fsp3) is 0.438. The third-order valence-corrected chi connectivity index (χ3v) is 3.70. The van der Waals surface area contributed by atoms with Crippen molar-refractivity contribution in [2.75, 3.05) is 0 Å². The fourth-order valence-electron chi connectivity index (χ4n) is 1.89. The number of carbonyl (C=O) groups is 1. The van der Waals surface area contributed by atoms with Crippen molar-refractivity contribution >= 4 is 16.9 Å². The minimum Gasteiger partial charge on any atom is -0.475 e. The minimum absolute atomic E-state index is 0.0202. The molecule has 2 aromatic rings. The van der Waals surface area contributed by atoms with Gasteiger partial charge < -0.3 is 14.8 Å². The SMILES string of the molecule is CC(NCc1ccc2oc(C(=O)O)cc2c1)C(C)(C)C. The van der Waals surface area contributed by atoms with Gasteiger partial charge in [0.05, 0.1) is 0 Å². The number of carboxylic acids is 1. The van der Waals surface area contributed by atoms with Crippen LogP contribution in [0.5, 0.6) is 0 Å². The van der Waals surface area contributed by atoms with Crippen molar-refractivity contribution in [1.82, 2.24) is 5.32 Å². The summed E-state index contributed by atoms with van der Waals surface area (Å²) in [6.45, 7) is 9.51. The Kier molecular flexibility index (Phi) is 3.86. The van der Waals surface area contributed by atoms with Crippen molar-refractivity contribution in [3.05, 3.63) is 35.6 Å². The Morgan fingerprint density at radius 3 is 2.65 bits per heavy atom. The summed E-state index contributed by atoms with van der Waals surface area (Å²) in [5, 5.41) is 13.2. The number of aromatic carboxylic acids is 1. The van der Waals surface area contributed by atoms with Gasteiger partial charge in [-0.25, -0.2) is 4.79 Å². The number of furan rings is 1. The quantitative estimate of drug-likeness (QED) is 0.894. The molecule has 20 heavy (non-hydrogen) atoms. The lowest BCUT2D eigenvalue weighted by molar-refractivity contribution is 0.0665. The molecule has 1 aromatic heterocycles. The first-order chi connectivity index (χ1) is 9.27. The largest absolute Gasteiger partial charge is 0.475 e. The van der Waals surface area contributed by atoms with Crippen LogP contribution in [-0.2, 0) is 6.54 Å². The number of fused-ring (bicyclic) bond motifs is 1. The first kappa shape index (κ1) is 14.6. The van der Waals surface area contributed by atoms with E-state index in [1.165, 1.54) is 0 Å². The molecule has 2 N–H and O–H groups in total. The van der Waals surface area contributed by atoms with E-state index in [1.54, 1.807) is 6.07 Å². The highest BCUT2D eigenvalue weighted by atomic mass is 16.4. The number of nitrogens with one attached hydrogen (secondary N) is 1. The van der Waals surface area contributed by atoms with Crippen LogP contribution in [-0.4, -0.2) is 17.1 Å². The highest BCUT2D eigenvalue weighted by molar-refractivity contribution is 5.91. The molecular formula is C16H21NO3. The van der Waals surface area contributed by atoms with Gasteiger partial charge in [-0.05, 0) is 36.1 Å². The zero-order valence-corrected chi connectivity index (χ0v) is 12.4. The first-order valence-electron chi connectivity index (χ1n) is 6.76. The Bertz CT molecular complexity index is 622. The Balaban J connectivity index is 2.14. The van der Waals surface area contributed by atoms with Crippen LogP contribution >= 0.6 is 0 Å². The second-order valence-corrected chi connectivity index (χ2v) is 6.26. The average molecular weight is 275 g/mol. The van der Waals surface area contributed by atoms with E-state index in [9.17, 15) is 4.79 Å². The molecule has 108 valence electrons. The normalized spacial score (nSPS) is 13.6. The lowest BCUT2D eigenvalue weighted by Crippen LogP contribution is -2.37. The maximum atomic E-state index is 10.9. The molecule has 0 spiro atoms. The standard InChI is InChI=1S/C16H21NO3/c1-10(16(2,3)4)17-9-11-5-6-13-12(7-11)8-14(20-13)15(18)19/h5-8,10,17H,9H2,1-4H3,(H,18,19). The zero-order chi connectivity index (χ0) is 14.9. The van der Waals surface area contributed by atoms with E-state index in [-0.39, 0.29) is 11.2 Å². The van der Waals surface area contributed by atoms with Gasteiger partial charge in [0.1, 0.15) is 5.58 Å². The molecule has 4 nitrogen and oxygen atoms in total. The summed E-state index contributed by atoms with van der Waals surface area (Å²) in [6, 6.07) is 7.69. The summed E-state index contributed by atoms with van der Waals surface area (Å²) in [5.74, 6) is -1.06. The Morgan fingerprint density at radius 1 is 1.35 bits per heavy atom. The van der Waals surface area contributed by atoms with E-state index in [2.05, 4.69) is 33.0 Å². The van der Waals surface area contributed by atoms with Crippen molar-refractivity contribution in [3.8, 4) is 0 Å². The van der Waals surface area contributed by atoms with E-state index >= 15 is 0 Å². The number of benzene rings is 1. The van der Waals surface area contributed by atoms with Crippen molar-refractivity contribution in [2.45, 2.75) is 40.3 Å². The van der Waals surface area contributed by atoms with E-state index < -0.39 is 5.97 Å². The van der Waals surface area contributed by atoms with Gasteiger partial charge in [-0.1, -0.05) is 26.8 Å². The lowest BCUT2D eigenvalue weighted by Gasteiger charge is -2.28. The molecule has 0 amide bonds. The topological polar surface area (TPSA) is 62.5 Å². The highest BCUT2D eigenvalue weighted by Crippen LogP contribution is 2.22. The molecule has 0 radical (unpaired) electrons. The van der Waals surface area contributed by atoms with Gasteiger partial charge in [-0.3, -0.25) is 0 Å². The number of hydrogen-bond donors (Lipinski definition) is 2. The number of hydrogen-bond acceptors (Lipinski definition) is 3. The summed E-state index contributed by atoms with van der Waals surface area (Å²) in [4.78, 5) is 10.9. The number of rotatable bonds is 4. The van der Waals surface area contributed by atoms with Crippen LogP contribution in [0.2, 0.25) is 0 Å². The molecule has 0 aliphatic rings. The molecule has 0 saturated heterocycles. The van der Waals surface area contributed by atoms with Crippen molar-refractivity contribution in [1.29, 1.82) is 0 Å². The Labute approximate surface area is 118 Å². The van der Waals surface area contributed by atoms with Gasteiger partial charge >= 0.3 is 5.97 Å². The summed E-state index contributed by atoms with van der Waals surface area (Å²) < 4.78 is 5.24. The molecule has 1 aromatic carbocycles. The molecule has 1 unspecified atom stereocenters. The van der Waals surface area contributed by atoms with E-state index in [4.69, 9.17) is 9.52 Å². The van der Waals surface area contributed by atoms with Crippen molar-refractivity contribution in [2.24, 2.45) is 5.41 Å². The second-order valence-electron chi connectivity index (χ2n) is 6.26. The second kappa shape index (κ2) is 5.29. The van der Waals surface area contributed by atoms with Gasteiger partial charge in [0.15, 0.2) is 0 Å². The van der Waals surface area contributed by atoms with Crippen molar-refractivity contribution in [3.63, 3.8) is 0 Å². The molecular weight excluding hydrogens is 254 g/mol. The maximum absolute atomic E-state index is 10.9. The first-order valence-corrected chi connectivity index (χ1v) is 6.76. The summed E-state index contributed by atoms with van der Waals surface area (Å²) in [7, 11) is 0. The van der Waals surface area contributed by atoms with E-state index in [0.717, 1.165) is 17.5 Å². The van der Waals surface area contributed by atoms with Crippen LogP contribution in [0, 0.1) is 5.41 Å². The summed E-state index contributed by atoms with van der Waals surface area (Å²) >= 11 is 0. The summed E-state index contributed by atoms with van der Waals surface area (Å²) in [5.41, 5.74) is 1.93. The highest BCUT2D eigenvalue weighted by Gasteiger charge is 2.19. The van der Waals surface area contributed by atoms with Gasteiger partial charge in [-0.15, -0.1) is 0 Å². The van der Waals surface area contributed by atoms with Crippen LogP contribution in [0.25, 0.3) is 11.0 Å². The van der Waals surface area contributed by atoms with Crippen LogP contribution in [0.1, 0.15) is 43.8 Å². The van der Waals surface area contributed by atoms with Crippen LogP contribution in [0.15, 0.2) is 28.7 Å². The maximum Gasteiger partial charge on any atom is 0.371 e. The predicted molar refractivity (Wildman–Crippen MR) is 78.9 cm³/mol. The smallest absolute Gasteiger partial charge is 0.371 e. The molecule has 0 saturated carbocycles. The minimum atomic E-state index is -1.04. The Hall–Kier alpha value is -1.81. The molecule has 2 rings (SSSR count). The third kappa shape index (κ3) is 3.20. The Morgan fingerprint density at radius 2 is 2.05 bits per heavy atom. The van der Waals surface area contributed by atoms with Gasteiger partial charge in [0.2, 0.25) is 5.76 Å². The van der Waals surface area contributed by atoms with Crippen molar-refractivity contribution < 1.29 is 14.3 Å². The predicted octanol–water partition coefficient (Wildman–Crippen LogP) is 3.66. The van der Waals surface area contributed by atoms with Gasteiger partial charge in [0.25, 0.3) is 0 Å². The monoisotopic (exact) mass is 275 g/mol. The number of carboxylic acid groups (broad SMARTS) is 1. The average Bonchev–Trinajstić information content (AvgIpc) is 2.77. The van der Waals surface area contributed by atoms with Gasteiger partial charge in [-0.2, -0.15) is 0 Å². The van der Waals surface area contributed by atoms with Gasteiger partial charge in [0, 0.05) is 18.0 Å². The van der Waals surface area contributed by atoms with E-state index in [1.807, 2.05) is 18.2 Å².